The van der Waals surface area contributed by atoms with Crippen LogP contribution in [-0.2, 0) is 24.3 Å². The molecule has 168 valence electrons. The molecule has 33 heavy (non-hydrogen) atoms. The van der Waals surface area contributed by atoms with Crippen LogP contribution in [0.2, 0.25) is 0 Å². The van der Waals surface area contributed by atoms with Crippen molar-refractivity contribution < 1.29 is 18.0 Å². The van der Waals surface area contributed by atoms with Crippen molar-refractivity contribution in [1.82, 2.24) is 24.6 Å². The van der Waals surface area contributed by atoms with E-state index in [0.29, 0.717) is 53.7 Å². The number of benzene rings is 2. The Kier molecular flexibility index (Phi) is 5.24. The van der Waals surface area contributed by atoms with E-state index in [0.717, 1.165) is 11.5 Å². The molecule has 5 rings (SSSR count). The molecule has 0 saturated heterocycles. The first-order chi connectivity index (χ1) is 15.9. The summed E-state index contributed by atoms with van der Waals surface area (Å²) < 4.78 is 34.3. The Morgan fingerprint density at radius 3 is 2.58 bits per heavy atom. The maximum absolute atomic E-state index is 13.7. The molecule has 2 aromatic carbocycles. The van der Waals surface area contributed by atoms with E-state index >= 15 is 0 Å². The zero-order valence-corrected chi connectivity index (χ0v) is 18.2. The summed E-state index contributed by atoms with van der Waals surface area (Å²) in [7, 11) is 0. The van der Waals surface area contributed by atoms with E-state index in [-0.39, 0.29) is 24.1 Å². The lowest BCUT2D eigenvalue weighted by molar-refractivity contribution is -0.133. The topological polar surface area (TPSA) is 77.0 Å². The van der Waals surface area contributed by atoms with Gasteiger partial charge in [0.1, 0.15) is 29.6 Å². The summed E-state index contributed by atoms with van der Waals surface area (Å²) >= 11 is 0. The van der Waals surface area contributed by atoms with Gasteiger partial charge < -0.3 is 9.32 Å². The summed E-state index contributed by atoms with van der Waals surface area (Å²) in [5, 5.41) is 4.54. The maximum atomic E-state index is 13.7. The predicted octanol–water partition coefficient (Wildman–Crippen LogP) is 4.08. The van der Waals surface area contributed by atoms with E-state index in [1.165, 1.54) is 22.9 Å². The van der Waals surface area contributed by atoms with Crippen molar-refractivity contribution in [3.8, 4) is 22.8 Å². The Bertz CT molecular complexity index is 1340. The van der Waals surface area contributed by atoms with Gasteiger partial charge in [0.2, 0.25) is 5.91 Å². The highest BCUT2D eigenvalue weighted by Crippen LogP contribution is 2.25. The van der Waals surface area contributed by atoms with Crippen molar-refractivity contribution in [2.24, 2.45) is 0 Å². The number of carbonyl (C=O) groups is 1. The first-order valence-electron chi connectivity index (χ1n) is 10.6. The van der Waals surface area contributed by atoms with Crippen molar-refractivity contribution in [2.75, 3.05) is 6.54 Å². The molecule has 0 radical (unpaired) electrons. The van der Waals surface area contributed by atoms with Gasteiger partial charge >= 0.3 is 0 Å². The molecule has 0 bridgehead atoms. The van der Waals surface area contributed by atoms with Crippen LogP contribution in [0.5, 0.6) is 0 Å². The van der Waals surface area contributed by atoms with Crippen LogP contribution in [0, 0.1) is 25.5 Å². The Balaban J connectivity index is 1.47. The van der Waals surface area contributed by atoms with Crippen LogP contribution in [0.15, 0.2) is 46.9 Å². The minimum absolute atomic E-state index is 0.0496. The molecular weight excluding hydrogens is 428 g/mol. The molecule has 9 heteroatoms. The van der Waals surface area contributed by atoms with Crippen LogP contribution >= 0.6 is 0 Å². The average molecular weight is 449 g/mol. The van der Waals surface area contributed by atoms with E-state index in [4.69, 9.17) is 4.42 Å². The fraction of sp³-hybridized carbons (Fsp3) is 0.250. The summed E-state index contributed by atoms with van der Waals surface area (Å²) in [5.41, 5.74) is 2.49. The molecule has 1 aliphatic rings. The Morgan fingerprint density at radius 2 is 1.82 bits per heavy atom. The normalized spacial score (nSPS) is 13.3. The van der Waals surface area contributed by atoms with E-state index < -0.39 is 0 Å². The fourth-order valence-corrected chi connectivity index (χ4v) is 3.94. The third-order valence-electron chi connectivity index (χ3n) is 5.66. The number of oxazole rings is 1. The Hall–Kier alpha value is -3.88. The standard InChI is InChI=1S/C24H21F2N5O2/c1-14-11-17(5-8-19(14)26)23-28-24(16-3-6-18(25)7-4-16)31(29-23)13-22(32)30-10-9-21-20(12-30)27-15(2)33-21/h3-8,11H,9-10,12-13H2,1-2H3. The molecule has 0 aliphatic carbocycles. The van der Waals surface area contributed by atoms with Crippen LogP contribution < -0.4 is 0 Å². The van der Waals surface area contributed by atoms with Crippen LogP contribution in [0.1, 0.15) is 22.9 Å². The Morgan fingerprint density at radius 1 is 1.06 bits per heavy atom. The smallest absolute Gasteiger partial charge is 0.244 e. The third-order valence-corrected chi connectivity index (χ3v) is 5.66. The number of rotatable bonds is 4. The lowest BCUT2D eigenvalue weighted by Gasteiger charge is -2.25. The molecule has 4 aromatic rings. The van der Waals surface area contributed by atoms with Crippen LogP contribution in [-0.4, -0.2) is 37.1 Å². The molecule has 0 fully saturated rings. The summed E-state index contributed by atoms with van der Waals surface area (Å²) in [6.07, 6.45) is 0.601. The molecule has 2 aromatic heterocycles. The number of nitrogens with zero attached hydrogens (tertiary/aromatic N) is 5. The summed E-state index contributed by atoms with van der Waals surface area (Å²) in [6, 6.07) is 10.5. The molecule has 0 saturated carbocycles. The van der Waals surface area contributed by atoms with Crippen LogP contribution in [0.4, 0.5) is 8.78 Å². The SMILES string of the molecule is Cc1nc2c(o1)CCN(C(=O)Cn1nc(-c3ccc(F)c(C)c3)nc1-c1ccc(F)cc1)C2. The molecule has 0 atom stereocenters. The van der Waals surface area contributed by atoms with Gasteiger partial charge in [0.25, 0.3) is 0 Å². The minimum atomic E-state index is -0.373. The van der Waals surface area contributed by atoms with Gasteiger partial charge in [-0.1, -0.05) is 0 Å². The van der Waals surface area contributed by atoms with Crippen LogP contribution in [0.25, 0.3) is 22.8 Å². The van der Waals surface area contributed by atoms with E-state index in [9.17, 15) is 13.6 Å². The maximum Gasteiger partial charge on any atom is 0.244 e. The van der Waals surface area contributed by atoms with Gasteiger partial charge in [-0.25, -0.2) is 23.4 Å². The number of aromatic nitrogens is 4. The summed E-state index contributed by atoms with van der Waals surface area (Å²) in [5.74, 6) is 1.36. The number of halogens is 2. The quantitative estimate of drug-likeness (QED) is 0.469. The van der Waals surface area contributed by atoms with Crippen molar-refractivity contribution >= 4 is 5.91 Å². The molecule has 1 amide bonds. The molecular formula is C24H21F2N5O2. The average Bonchev–Trinajstić information content (AvgIpc) is 3.38. The van der Waals surface area contributed by atoms with Gasteiger partial charge in [0.15, 0.2) is 17.5 Å². The van der Waals surface area contributed by atoms with Gasteiger partial charge in [-0.15, -0.1) is 5.10 Å². The lowest BCUT2D eigenvalue weighted by Crippen LogP contribution is -2.38. The highest BCUT2D eigenvalue weighted by Gasteiger charge is 2.26. The summed E-state index contributed by atoms with van der Waals surface area (Å²) in [6.45, 7) is 4.29. The molecule has 0 unspecified atom stereocenters. The largest absolute Gasteiger partial charge is 0.446 e. The molecule has 1 aliphatic heterocycles. The van der Waals surface area contributed by atoms with E-state index in [2.05, 4.69) is 15.1 Å². The van der Waals surface area contributed by atoms with Gasteiger partial charge in [-0.05, 0) is 55.0 Å². The van der Waals surface area contributed by atoms with Gasteiger partial charge in [-0.2, -0.15) is 0 Å². The second-order valence-electron chi connectivity index (χ2n) is 8.06. The van der Waals surface area contributed by atoms with Gasteiger partial charge in [0, 0.05) is 31.0 Å². The molecule has 0 N–H and O–H groups in total. The molecule has 0 spiro atoms. The minimum Gasteiger partial charge on any atom is -0.446 e. The van der Waals surface area contributed by atoms with E-state index in [1.54, 1.807) is 43.0 Å². The fourth-order valence-electron chi connectivity index (χ4n) is 3.94. The second kappa shape index (κ2) is 8.23. The number of aryl methyl sites for hydroxylation is 2. The van der Waals surface area contributed by atoms with Crippen molar-refractivity contribution in [2.45, 2.75) is 33.4 Å². The number of amides is 1. The van der Waals surface area contributed by atoms with E-state index in [1.807, 2.05) is 0 Å². The number of fused-ring (bicyclic) bond motifs is 1. The predicted molar refractivity (Wildman–Crippen MR) is 116 cm³/mol. The zero-order chi connectivity index (χ0) is 23.1. The molecule has 7 nitrogen and oxygen atoms in total. The second-order valence-corrected chi connectivity index (χ2v) is 8.06. The van der Waals surface area contributed by atoms with Crippen LogP contribution in [0.3, 0.4) is 0 Å². The summed E-state index contributed by atoms with van der Waals surface area (Å²) in [4.78, 5) is 23.8. The zero-order valence-electron chi connectivity index (χ0n) is 18.2. The molecule has 3 heterocycles. The lowest BCUT2D eigenvalue weighted by atomic mass is 10.1. The number of carbonyl (C=O) groups excluding carboxylic acids is 1. The third kappa shape index (κ3) is 4.13. The van der Waals surface area contributed by atoms with Gasteiger partial charge in [0.05, 0.1) is 6.54 Å². The first-order valence-corrected chi connectivity index (χ1v) is 10.6. The monoisotopic (exact) mass is 449 g/mol. The highest BCUT2D eigenvalue weighted by atomic mass is 19.1. The van der Waals surface area contributed by atoms with Crippen molar-refractivity contribution in [3.63, 3.8) is 0 Å². The van der Waals surface area contributed by atoms with Crippen molar-refractivity contribution in [1.29, 1.82) is 0 Å². The number of hydrogen-bond donors (Lipinski definition) is 0. The first kappa shape index (κ1) is 21.0. The Labute approximate surface area is 188 Å². The van der Waals surface area contributed by atoms with Gasteiger partial charge in [-0.3, -0.25) is 4.79 Å². The highest BCUT2D eigenvalue weighted by molar-refractivity contribution is 5.77. The number of hydrogen-bond acceptors (Lipinski definition) is 5. The van der Waals surface area contributed by atoms with Crippen molar-refractivity contribution in [3.05, 3.63) is 77.0 Å².